The van der Waals surface area contributed by atoms with Crippen molar-refractivity contribution in [3.63, 3.8) is 0 Å². The molecule has 0 unspecified atom stereocenters. The van der Waals surface area contributed by atoms with Gasteiger partial charge in [0.25, 0.3) is 5.56 Å². The van der Waals surface area contributed by atoms with Gasteiger partial charge in [-0.25, -0.2) is 0 Å². The molecule has 0 amide bonds. The average Bonchev–Trinajstić information content (AvgIpc) is 2.26. The molecule has 0 spiro atoms. The molecule has 0 bridgehead atoms. The van der Waals surface area contributed by atoms with Gasteiger partial charge in [-0.2, -0.15) is 5.26 Å². The van der Waals surface area contributed by atoms with Crippen LogP contribution in [0.2, 0.25) is 0 Å². The Kier molecular flexibility index (Phi) is 3.86. The fraction of sp³-hybridized carbons (Fsp3) is 0.500. The van der Waals surface area contributed by atoms with Crippen LogP contribution in [0.3, 0.4) is 0 Å². The summed E-state index contributed by atoms with van der Waals surface area (Å²) < 4.78 is 1.48. The first-order valence-electron chi connectivity index (χ1n) is 5.32. The van der Waals surface area contributed by atoms with Crippen LogP contribution in [0.15, 0.2) is 4.79 Å². The lowest BCUT2D eigenvalue weighted by Gasteiger charge is -2.15. The standard InChI is InChI=1S/C12H16N2O2/c1-4-10-8(2)11(7-13)12(16)14(5-6-15)9(10)3/h15H,4-6H2,1-3H3. The molecular formula is C12H16N2O2. The van der Waals surface area contributed by atoms with E-state index in [4.69, 9.17) is 10.4 Å². The molecule has 16 heavy (non-hydrogen) atoms. The Morgan fingerprint density at radius 3 is 2.50 bits per heavy atom. The zero-order chi connectivity index (χ0) is 12.3. The van der Waals surface area contributed by atoms with Gasteiger partial charge in [0.15, 0.2) is 0 Å². The zero-order valence-corrected chi connectivity index (χ0v) is 9.87. The second-order valence-electron chi connectivity index (χ2n) is 3.71. The molecular weight excluding hydrogens is 204 g/mol. The van der Waals surface area contributed by atoms with Crippen LogP contribution in [0.1, 0.15) is 29.3 Å². The summed E-state index contributed by atoms with van der Waals surface area (Å²) in [6.07, 6.45) is 0.776. The van der Waals surface area contributed by atoms with Gasteiger partial charge in [0.1, 0.15) is 11.6 Å². The quantitative estimate of drug-likeness (QED) is 0.822. The largest absolute Gasteiger partial charge is 0.395 e. The summed E-state index contributed by atoms with van der Waals surface area (Å²) >= 11 is 0. The van der Waals surface area contributed by atoms with Crippen LogP contribution in [0.25, 0.3) is 0 Å². The van der Waals surface area contributed by atoms with E-state index in [0.29, 0.717) is 0 Å². The predicted molar refractivity (Wildman–Crippen MR) is 61.4 cm³/mol. The van der Waals surface area contributed by atoms with Crippen molar-refractivity contribution in [1.29, 1.82) is 5.26 Å². The van der Waals surface area contributed by atoms with E-state index in [1.54, 1.807) is 6.92 Å². The molecule has 0 aliphatic carbocycles. The number of pyridine rings is 1. The minimum Gasteiger partial charge on any atom is -0.395 e. The molecule has 0 saturated heterocycles. The van der Waals surface area contributed by atoms with Gasteiger partial charge in [0, 0.05) is 12.2 Å². The van der Waals surface area contributed by atoms with Gasteiger partial charge in [0.2, 0.25) is 0 Å². The number of rotatable bonds is 3. The van der Waals surface area contributed by atoms with E-state index in [9.17, 15) is 4.79 Å². The van der Waals surface area contributed by atoms with Gasteiger partial charge in [-0.05, 0) is 31.4 Å². The Hall–Kier alpha value is -1.60. The molecule has 0 aromatic carbocycles. The topological polar surface area (TPSA) is 66.0 Å². The van der Waals surface area contributed by atoms with Crippen molar-refractivity contribution in [2.45, 2.75) is 33.7 Å². The number of aliphatic hydroxyl groups is 1. The van der Waals surface area contributed by atoms with Crippen molar-refractivity contribution in [1.82, 2.24) is 4.57 Å². The summed E-state index contributed by atoms with van der Waals surface area (Å²) in [5.74, 6) is 0. The molecule has 0 saturated carbocycles. The summed E-state index contributed by atoms with van der Waals surface area (Å²) in [6.45, 7) is 5.79. The fourth-order valence-electron chi connectivity index (χ4n) is 2.05. The molecule has 4 heteroatoms. The van der Waals surface area contributed by atoms with Crippen LogP contribution in [0.5, 0.6) is 0 Å². The van der Waals surface area contributed by atoms with Gasteiger partial charge >= 0.3 is 0 Å². The van der Waals surface area contributed by atoms with E-state index in [-0.39, 0.29) is 24.3 Å². The molecule has 1 aromatic heterocycles. The van der Waals surface area contributed by atoms with Crippen molar-refractivity contribution in [2.75, 3.05) is 6.61 Å². The first kappa shape index (κ1) is 12.5. The van der Waals surface area contributed by atoms with Crippen molar-refractivity contribution in [3.8, 4) is 6.07 Å². The van der Waals surface area contributed by atoms with Gasteiger partial charge < -0.3 is 9.67 Å². The van der Waals surface area contributed by atoms with Crippen molar-refractivity contribution in [3.05, 3.63) is 32.7 Å². The van der Waals surface area contributed by atoms with Crippen LogP contribution in [-0.2, 0) is 13.0 Å². The highest BCUT2D eigenvalue weighted by Crippen LogP contribution is 2.15. The molecule has 0 atom stereocenters. The first-order valence-corrected chi connectivity index (χ1v) is 5.32. The maximum absolute atomic E-state index is 11.9. The highest BCUT2D eigenvalue weighted by atomic mass is 16.3. The summed E-state index contributed by atoms with van der Waals surface area (Å²) in [5.41, 5.74) is 2.52. The molecule has 4 nitrogen and oxygen atoms in total. The molecule has 0 radical (unpaired) electrons. The molecule has 1 aromatic rings. The number of aliphatic hydroxyl groups excluding tert-OH is 1. The second-order valence-corrected chi connectivity index (χ2v) is 3.71. The van der Waals surface area contributed by atoms with E-state index < -0.39 is 0 Å². The minimum absolute atomic E-state index is 0.0994. The smallest absolute Gasteiger partial charge is 0.269 e. The summed E-state index contributed by atoms with van der Waals surface area (Å²) in [7, 11) is 0. The van der Waals surface area contributed by atoms with Crippen molar-refractivity contribution < 1.29 is 5.11 Å². The lowest BCUT2D eigenvalue weighted by molar-refractivity contribution is 0.272. The Morgan fingerprint density at radius 1 is 1.44 bits per heavy atom. The molecule has 0 fully saturated rings. The van der Waals surface area contributed by atoms with Gasteiger partial charge in [0.05, 0.1) is 6.61 Å². The van der Waals surface area contributed by atoms with E-state index in [0.717, 1.165) is 23.2 Å². The predicted octanol–water partition coefficient (Wildman–Crippen LogP) is 0.892. The van der Waals surface area contributed by atoms with Gasteiger partial charge in [-0.15, -0.1) is 0 Å². The summed E-state index contributed by atoms with van der Waals surface area (Å²) in [5, 5.41) is 17.9. The van der Waals surface area contributed by atoms with Crippen LogP contribution in [-0.4, -0.2) is 16.3 Å². The first-order chi connectivity index (χ1) is 7.58. The summed E-state index contributed by atoms with van der Waals surface area (Å²) in [4.78, 5) is 11.9. The number of nitrogens with zero attached hydrogens (tertiary/aromatic N) is 2. The third kappa shape index (κ3) is 1.86. The fourth-order valence-corrected chi connectivity index (χ4v) is 2.05. The molecule has 1 N–H and O–H groups in total. The average molecular weight is 220 g/mol. The van der Waals surface area contributed by atoms with Crippen LogP contribution < -0.4 is 5.56 Å². The van der Waals surface area contributed by atoms with Crippen molar-refractivity contribution >= 4 is 0 Å². The molecule has 0 aliphatic rings. The number of hydrogen-bond acceptors (Lipinski definition) is 3. The molecule has 86 valence electrons. The normalized spacial score (nSPS) is 10.2. The highest BCUT2D eigenvalue weighted by molar-refractivity contribution is 5.42. The SMILES string of the molecule is CCc1c(C)c(C#N)c(=O)n(CCO)c1C. The minimum atomic E-state index is -0.302. The molecule has 1 heterocycles. The Morgan fingerprint density at radius 2 is 2.06 bits per heavy atom. The van der Waals surface area contributed by atoms with Crippen LogP contribution >= 0.6 is 0 Å². The second kappa shape index (κ2) is 4.95. The maximum atomic E-state index is 11.9. The zero-order valence-electron chi connectivity index (χ0n) is 9.87. The van der Waals surface area contributed by atoms with Crippen LogP contribution in [0.4, 0.5) is 0 Å². The van der Waals surface area contributed by atoms with E-state index in [1.807, 2.05) is 19.9 Å². The monoisotopic (exact) mass is 220 g/mol. The highest BCUT2D eigenvalue weighted by Gasteiger charge is 2.14. The van der Waals surface area contributed by atoms with E-state index in [2.05, 4.69) is 0 Å². The number of nitriles is 1. The Balaban J connectivity index is 3.65. The number of aromatic nitrogens is 1. The Bertz CT molecular complexity index is 495. The molecule has 0 aliphatic heterocycles. The lowest BCUT2D eigenvalue weighted by atomic mass is 10.0. The third-order valence-corrected chi connectivity index (χ3v) is 2.92. The van der Waals surface area contributed by atoms with Crippen molar-refractivity contribution in [2.24, 2.45) is 0 Å². The van der Waals surface area contributed by atoms with E-state index >= 15 is 0 Å². The van der Waals surface area contributed by atoms with E-state index in [1.165, 1.54) is 4.57 Å². The third-order valence-electron chi connectivity index (χ3n) is 2.92. The summed E-state index contributed by atoms with van der Waals surface area (Å²) in [6, 6.07) is 1.95. The number of hydrogen-bond donors (Lipinski definition) is 1. The van der Waals surface area contributed by atoms with Crippen LogP contribution in [0, 0.1) is 25.2 Å². The maximum Gasteiger partial charge on any atom is 0.269 e. The molecule has 1 rings (SSSR count). The van der Waals surface area contributed by atoms with Gasteiger partial charge in [-0.1, -0.05) is 6.92 Å². The van der Waals surface area contributed by atoms with Gasteiger partial charge in [-0.3, -0.25) is 4.79 Å². The Labute approximate surface area is 94.8 Å². The lowest BCUT2D eigenvalue weighted by Crippen LogP contribution is -2.28.